The van der Waals surface area contributed by atoms with Crippen molar-refractivity contribution in [3.63, 3.8) is 0 Å². The topological polar surface area (TPSA) is 119 Å². The summed E-state index contributed by atoms with van der Waals surface area (Å²) in [6.45, 7) is 12.5. The molecule has 4 fully saturated rings. The van der Waals surface area contributed by atoms with Crippen LogP contribution in [0.5, 0.6) is 11.5 Å². The SMILES string of the molecule is CC(C)(C)OC(=O)N1C[C@H](Oc2ccc(F)c(F)c2)[C@@H]2[C@H]1CCN2C(=O)OCc1ccccc1.CC(C)(C)OC(=O)N1C[C@H](Oc2ccc(F)c(F)c2)[C@H]2NCC[C@H]21. The number of rotatable bonds is 6. The minimum absolute atomic E-state index is 0.0184. The highest BCUT2D eigenvalue weighted by Gasteiger charge is 2.54. The normalized spacial score (nSPS) is 23.7. The Morgan fingerprint density at radius 1 is 0.655 bits per heavy atom. The van der Waals surface area contributed by atoms with Crippen molar-refractivity contribution in [3.8, 4) is 11.5 Å². The number of halogens is 4. The molecule has 4 aliphatic heterocycles. The quantitative estimate of drug-likeness (QED) is 0.200. The first-order valence-electron chi connectivity index (χ1n) is 19.3. The second-order valence-electron chi connectivity index (χ2n) is 16.6. The van der Waals surface area contributed by atoms with E-state index in [1.165, 1.54) is 12.1 Å². The van der Waals surface area contributed by atoms with E-state index >= 15 is 0 Å². The summed E-state index contributed by atoms with van der Waals surface area (Å²) in [7, 11) is 0. The lowest BCUT2D eigenvalue weighted by atomic mass is 10.1. The van der Waals surface area contributed by atoms with E-state index in [0.717, 1.165) is 42.8 Å². The zero-order valence-electron chi connectivity index (χ0n) is 33.4. The van der Waals surface area contributed by atoms with E-state index in [-0.39, 0.29) is 55.0 Å². The summed E-state index contributed by atoms with van der Waals surface area (Å²) in [5.41, 5.74) is -0.418. The Balaban J connectivity index is 0.000000208. The van der Waals surface area contributed by atoms with E-state index in [4.69, 9.17) is 23.7 Å². The molecule has 4 heterocycles. The third-order valence-electron chi connectivity index (χ3n) is 10.0. The van der Waals surface area contributed by atoms with Crippen LogP contribution in [0.4, 0.5) is 31.9 Å². The molecule has 3 aromatic rings. The lowest BCUT2D eigenvalue weighted by Gasteiger charge is -2.28. The number of hydrogen-bond acceptors (Lipinski definition) is 9. The van der Waals surface area contributed by atoms with Crippen molar-refractivity contribution in [1.82, 2.24) is 20.0 Å². The highest BCUT2D eigenvalue weighted by Crippen LogP contribution is 2.36. The van der Waals surface area contributed by atoms with Crippen molar-refractivity contribution in [3.05, 3.63) is 95.6 Å². The van der Waals surface area contributed by atoms with E-state index in [1.54, 1.807) is 35.5 Å². The average molecular weight is 815 g/mol. The molecule has 4 saturated heterocycles. The lowest BCUT2D eigenvalue weighted by molar-refractivity contribution is 0.0203. The molecular formula is C42H50F4N4O8. The standard InChI is InChI=1S/C25H28F2N2O5.C17H22F2N2O3/c1-25(2,3)34-24(31)29-14-21(33-17-9-10-18(26)19(27)13-17)22-20(29)11-12-28(22)23(30)32-15-16-7-5-4-6-8-16;1-17(2,3)24-16(22)21-9-14(15-13(21)6-7-20-15)23-10-4-5-11(18)12(19)8-10/h4-10,13,20-22H,11-12,14-15H2,1-3H3;4-5,8,13-15,20H,6-7,9H2,1-3H3/t20-,21+,22+;13-,14+,15+/m11/s1. The molecule has 7 rings (SSSR count). The third-order valence-corrected chi connectivity index (χ3v) is 10.0. The van der Waals surface area contributed by atoms with Crippen LogP contribution in [-0.4, -0.2) is 107 Å². The van der Waals surface area contributed by atoms with E-state index < -0.39 is 58.8 Å². The Labute approximate surface area is 335 Å². The molecule has 16 heteroatoms. The van der Waals surface area contributed by atoms with Crippen molar-refractivity contribution in [2.45, 2.75) is 109 Å². The molecule has 0 unspecified atom stereocenters. The fourth-order valence-electron chi connectivity index (χ4n) is 7.65. The zero-order valence-corrected chi connectivity index (χ0v) is 33.4. The number of fused-ring (bicyclic) bond motifs is 2. The van der Waals surface area contributed by atoms with Gasteiger partial charge in [0, 0.05) is 18.7 Å². The van der Waals surface area contributed by atoms with Gasteiger partial charge in [-0.3, -0.25) is 14.7 Å². The molecule has 3 aromatic carbocycles. The second kappa shape index (κ2) is 17.3. The van der Waals surface area contributed by atoms with Crippen LogP contribution in [-0.2, 0) is 20.8 Å². The predicted octanol–water partition coefficient (Wildman–Crippen LogP) is 7.44. The molecule has 58 heavy (non-hydrogen) atoms. The van der Waals surface area contributed by atoms with Gasteiger partial charge in [-0.2, -0.15) is 0 Å². The first kappa shape index (κ1) is 42.4. The van der Waals surface area contributed by atoms with Crippen LogP contribution >= 0.6 is 0 Å². The van der Waals surface area contributed by atoms with Gasteiger partial charge in [0.25, 0.3) is 0 Å². The van der Waals surface area contributed by atoms with Crippen molar-refractivity contribution < 1.29 is 55.6 Å². The number of ether oxygens (including phenoxy) is 5. The first-order chi connectivity index (χ1) is 27.4. The molecule has 0 aliphatic carbocycles. The van der Waals surface area contributed by atoms with Gasteiger partial charge in [-0.05, 0) is 90.8 Å². The Kier molecular flexibility index (Phi) is 12.6. The van der Waals surface area contributed by atoms with Gasteiger partial charge in [0.05, 0.1) is 37.3 Å². The Morgan fingerprint density at radius 2 is 1.19 bits per heavy atom. The largest absolute Gasteiger partial charge is 0.487 e. The highest BCUT2D eigenvalue weighted by atomic mass is 19.2. The molecular weight excluding hydrogens is 764 g/mol. The molecule has 6 atom stereocenters. The summed E-state index contributed by atoms with van der Waals surface area (Å²) in [5.74, 6) is -3.54. The van der Waals surface area contributed by atoms with Crippen LogP contribution in [0.3, 0.4) is 0 Å². The summed E-state index contributed by atoms with van der Waals surface area (Å²) in [6, 6.07) is 15.0. The third kappa shape index (κ3) is 10.2. The smallest absolute Gasteiger partial charge is 0.410 e. The number of hydrogen-bond donors (Lipinski definition) is 1. The van der Waals surface area contributed by atoms with Gasteiger partial charge in [-0.15, -0.1) is 0 Å². The van der Waals surface area contributed by atoms with E-state index in [2.05, 4.69) is 5.32 Å². The fraction of sp³-hybridized carbons (Fsp3) is 0.500. The molecule has 12 nitrogen and oxygen atoms in total. The number of amides is 3. The second-order valence-corrected chi connectivity index (χ2v) is 16.6. The molecule has 0 bridgehead atoms. The fourth-order valence-corrected chi connectivity index (χ4v) is 7.65. The van der Waals surface area contributed by atoms with Crippen LogP contribution < -0.4 is 14.8 Å². The highest BCUT2D eigenvalue weighted by molar-refractivity contribution is 5.72. The number of nitrogens with one attached hydrogen (secondary N) is 1. The number of likely N-dealkylation sites (tertiary alicyclic amines) is 3. The van der Waals surface area contributed by atoms with E-state index in [0.29, 0.717) is 19.5 Å². The maximum Gasteiger partial charge on any atom is 0.410 e. The molecule has 314 valence electrons. The minimum Gasteiger partial charge on any atom is -0.487 e. The summed E-state index contributed by atoms with van der Waals surface area (Å²) >= 11 is 0. The van der Waals surface area contributed by atoms with E-state index in [1.807, 2.05) is 51.1 Å². The van der Waals surface area contributed by atoms with Crippen LogP contribution in [0.15, 0.2) is 66.7 Å². The summed E-state index contributed by atoms with van der Waals surface area (Å²) in [6.07, 6.45) is -1.11. The summed E-state index contributed by atoms with van der Waals surface area (Å²) in [4.78, 5) is 43.0. The average Bonchev–Trinajstić information content (AvgIpc) is 3.94. The van der Waals surface area contributed by atoms with Crippen LogP contribution in [0.2, 0.25) is 0 Å². The van der Waals surface area contributed by atoms with Gasteiger partial charge in [-0.25, -0.2) is 31.9 Å². The van der Waals surface area contributed by atoms with Crippen molar-refractivity contribution in [1.29, 1.82) is 0 Å². The summed E-state index contributed by atoms with van der Waals surface area (Å²) < 4.78 is 81.8. The molecule has 0 radical (unpaired) electrons. The Bertz CT molecular complexity index is 1940. The minimum atomic E-state index is -1.04. The van der Waals surface area contributed by atoms with Gasteiger partial charge in [-0.1, -0.05) is 30.3 Å². The van der Waals surface area contributed by atoms with Gasteiger partial charge >= 0.3 is 18.3 Å². The Hall–Kier alpha value is -5.25. The zero-order chi connectivity index (χ0) is 41.9. The lowest BCUT2D eigenvalue weighted by Crippen LogP contribution is -2.47. The molecule has 0 saturated carbocycles. The van der Waals surface area contributed by atoms with Crippen LogP contribution in [0.25, 0.3) is 0 Å². The van der Waals surface area contributed by atoms with Crippen molar-refractivity contribution >= 4 is 18.3 Å². The number of carbonyl (C=O) groups is 3. The van der Waals surface area contributed by atoms with E-state index in [9.17, 15) is 31.9 Å². The summed E-state index contributed by atoms with van der Waals surface area (Å²) in [5, 5.41) is 3.32. The number of benzene rings is 3. The van der Waals surface area contributed by atoms with Gasteiger partial charge < -0.3 is 29.0 Å². The number of carbonyl (C=O) groups excluding carboxylic acids is 3. The molecule has 4 aliphatic rings. The molecule has 0 spiro atoms. The monoisotopic (exact) mass is 814 g/mol. The van der Waals surface area contributed by atoms with Crippen molar-refractivity contribution in [2.75, 3.05) is 26.2 Å². The maximum absolute atomic E-state index is 13.8. The van der Waals surface area contributed by atoms with Gasteiger partial charge in [0.2, 0.25) is 0 Å². The number of nitrogens with zero attached hydrogens (tertiary/aromatic N) is 3. The maximum atomic E-state index is 13.8. The molecule has 0 aromatic heterocycles. The van der Waals surface area contributed by atoms with Crippen LogP contribution in [0.1, 0.15) is 59.9 Å². The predicted molar refractivity (Wildman–Crippen MR) is 203 cm³/mol. The van der Waals surface area contributed by atoms with Crippen molar-refractivity contribution in [2.24, 2.45) is 0 Å². The molecule has 1 N–H and O–H groups in total. The molecule has 3 amide bonds. The Morgan fingerprint density at radius 3 is 1.74 bits per heavy atom. The first-order valence-corrected chi connectivity index (χ1v) is 19.3. The van der Waals surface area contributed by atoms with Crippen LogP contribution in [0, 0.1) is 23.3 Å². The van der Waals surface area contributed by atoms with Gasteiger partial charge in [0.1, 0.15) is 41.5 Å². The van der Waals surface area contributed by atoms with Gasteiger partial charge in [0.15, 0.2) is 23.3 Å².